The Morgan fingerprint density at radius 3 is 2.19 bits per heavy atom. The highest BCUT2D eigenvalue weighted by atomic mass is 32.2. The number of aryl methyl sites for hydroxylation is 2. The molecule has 0 bridgehead atoms. The maximum absolute atomic E-state index is 12.5. The zero-order valence-electron chi connectivity index (χ0n) is 14.6. The number of aliphatic carboxylic acids is 1. The van der Waals surface area contributed by atoms with Gasteiger partial charge >= 0.3 is 5.97 Å². The number of carboxylic acids is 1. The Balaban J connectivity index is 2.31. The summed E-state index contributed by atoms with van der Waals surface area (Å²) >= 11 is 0. The van der Waals surface area contributed by atoms with Crippen molar-refractivity contribution in [2.45, 2.75) is 30.9 Å². The highest BCUT2D eigenvalue weighted by Crippen LogP contribution is 2.22. The highest BCUT2D eigenvalue weighted by Gasteiger charge is 2.32. The molecule has 0 radical (unpaired) electrons. The van der Waals surface area contributed by atoms with Crippen molar-refractivity contribution in [2.75, 3.05) is 7.11 Å². The van der Waals surface area contributed by atoms with Gasteiger partial charge in [-0.15, -0.1) is 0 Å². The Hall–Kier alpha value is -2.42. The van der Waals surface area contributed by atoms with E-state index >= 15 is 0 Å². The lowest BCUT2D eigenvalue weighted by Gasteiger charge is -2.21. The zero-order chi connectivity index (χ0) is 19.5. The summed E-state index contributed by atoms with van der Waals surface area (Å²) in [6.45, 7) is 3.60. The Kier molecular flexibility index (Phi) is 6.01. The number of hydrogen-bond donors (Lipinski definition) is 3. The topological polar surface area (TPSA) is 113 Å². The molecule has 2 rings (SSSR count). The second-order valence-electron chi connectivity index (χ2n) is 5.90. The standard InChI is InChI=1S/C18H21NO6S/c1-11-4-9-15(10-12(11)2)26(23,24)19-16(18(21)22)17(20)13-5-7-14(25-3)8-6-13/h4-10,16-17,19-20H,1-3H3,(H,21,22). The van der Waals surface area contributed by atoms with E-state index in [-0.39, 0.29) is 10.5 Å². The van der Waals surface area contributed by atoms with Crippen LogP contribution in [0.5, 0.6) is 5.75 Å². The third-order valence-corrected chi connectivity index (χ3v) is 5.55. The molecule has 0 aromatic heterocycles. The SMILES string of the molecule is COc1ccc(C(O)C(NS(=O)(=O)c2ccc(C)c(C)c2)C(=O)O)cc1. The van der Waals surface area contributed by atoms with Crippen molar-refractivity contribution >= 4 is 16.0 Å². The average Bonchev–Trinajstić information content (AvgIpc) is 2.61. The number of aliphatic hydroxyl groups is 1. The van der Waals surface area contributed by atoms with Crippen LogP contribution in [0.3, 0.4) is 0 Å². The molecule has 2 aromatic carbocycles. The number of carboxylic acid groups (broad SMARTS) is 1. The molecular formula is C18H21NO6S. The van der Waals surface area contributed by atoms with E-state index in [0.717, 1.165) is 11.1 Å². The summed E-state index contributed by atoms with van der Waals surface area (Å²) in [6, 6.07) is 8.80. The molecule has 3 N–H and O–H groups in total. The van der Waals surface area contributed by atoms with Gasteiger partial charge in [0.1, 0.15) is 17.9 Å². The second-order valence-corrected chi connectivity index (χ2v) is 7.62. The van der Waals surface area contributed by atoms with Crippen molar-refractivity contribution in [3.05, 3.63) is 59.2 Å². The lowest BCUT2D eigenvalue weighted by atomic mass is 10.0. The van der Waals surface area contributed by atoms with Gasteiger partial charge in [0.25, 0.3) is 0 Å². The highest BCUT2D eigenvalue weighted by molar-refractivity contribution is 7.89. The fourth-order valence-electron chi connectivity index (χ4n) is 2.36. The minimum absolute atomic E-state index is 0.0613. The van der Waals surface area contributed by atoms with E-state index in [0.29, 0.717) is 5.75 Å². The molecule has 8 heteroatoms. The van der Waals surface area contributed by atoms with E-state index in [1.165, 1.54) is 31.4 Å². The minimum Gasteiger partial charge on any atom is -0.497 e. The number of benzene rings is 2. The average molecular weight is 379 g/mol. The Morgan fingerprint density at radius 1 is 1.08 bits per heavy atom. The molecule has 7 nitrogen and oxygen atoms in total. The number of methoxy groups -OCH3 is 1. The molecule has 0 saturated heterocycles. The summed E-state index contributed by atoms with van der Waals surface area (Å²) in [5, 5.41) is 19.8. The van der Waals surface area contributed by atoms with Gasteiger partial charge in [-0.3, -0.25) is 4.79 Å². The number of sulfonamides is 1. The van der Waals surface area contributed by atoms with E-state index in [1.807, 2.05) is 6.92 Å². The monoisotopic (exact) mass is 379 g/mol. The molecule has 0 spiro atoms. The first kappa shape index (κ1) is 19.9. The van der Waals surface area contributed by atoms with Crippen LogP contribution in [-0.4, -0.2) is 37.8 Å². The lowest BCUT2D eigenvalue weighted by molar-refractivity contribution is -0.141. The van der Waals surface area contributed by atoms with Crippen molar-refractivity contribution in [2.24, 2.45) is 0 Å². The summed E-state index contributed by atoms with van der Waals surface area (Å²) in [7, 11) is -2.65. The number of carbonyl (C=O) groups is 1. The van der Waals surface area contributed by atoms with Gasteiger partial charge in [0.2, 0.25) is 10.0 Å². The van der Waals surface area contributed by atoms with Crippen LogP contribution in [0.4, 0.5) is 0 Å². The summed E-state index contributed by atoms with van der Waals surface area (Å²) in [4.78, 5) is 11.5. The third-order valence-electron chi connectivity index (χ3n) is 4.11. The molecule has 2 aromatic rings. The van der Waals surface area contributed by atoms with E-state index in [9.17, 15) is 23.4 Å². The summed E-state index contributed by atoms with van der Waals surface area (Å²) in [5.74, 6) is -0.954. The molecule has 26 heavy (non-hydrogen) atoms. The quantitative estimate of drug-likeness (QED) is 0.676. The van der Waals surface area contributed by atoms with Crippen LogP contribution in [0, 0.1) is 13.8 Å². The van der Waals surface area contributed by atoms with E-state index in [4.69, 9.17) is 4.74 Å². The molecule has 0 aliphatic carbocycles. The molecule has 0 aliphatic heterocycles. The van der Waals surface area contributed by atoms with Gasteiger partial charge in [-0.25, -0.2) is 8.42 Å². The first-order valence-electron chi connectivity index (χ1n) is 7.80. The van der Waals surface area contributed by atoms with Crippen molar-refractivity contribution in [1.29, 1.82) is 0 Å². The van der Waals surface area contributed by atoms with Crippen LogP contribution in [0.2, 0.25) is 0 Å². The van der Waals surface area contributed by atoms with Gasteiger partial charge < -0.3 is 14.9 Å². The fraction of sp³-hybridized carbons (Fsp3) is 0.278. The molecule has 2 atom stereocenters. The molecule has 0 amide bonds. The second kappa shape index (κ2) is 7.86. The van der Waals surface area contributed by atoms with Crippen molar-refractivity contribution in [1.82, 2.24) is 4.72 Å². The smallest absolute Gasteiger partial charge is 0.324 e. The molecule has 0 saturated carbocycles. The first-order chi connectivity index (χ1) is 12.2. The number of rotatable bonds is 7. The van der Waals surface area contributed by atoms with E-state index in [1.54, 1.807) is 25.1 Å². The van der Waals surface area contributed by atoms with Gasteiger partial charge in [0, 0.05) is 0 Å². The van der Waals surface area contributed by atoms with Gasteiger partial charge in [-0.05, 0) is 54.8 Å². The molecule has 140 valence electrons. The number of ether oxygens (including phenoxy) is 1. The first-order valence-corrected chi connectivity index (χ1v) is 9.28. The van der Waals surface area contributed by atoms with Crippen LogP contribution >= 0.6 is 0 Å². The van der Waals surface area contributed by atoms with Gasteiger partial charge in [-0.1, -0.05) is 18.2 Å². The zero-order valence-corrected chi connectivity index (χ0v) is 15.4. The minimum atomic E-state index is -4.13. The van der Waals surface area contributed by atoms with Crippen molar-refractivity contribution in [3.63, 3.8) is 0 Å². The summed E-state index contributed by atoms with van der Waals surface area (Å²) < 4.78 is 32.2. The Bertz CT molecular complexity index is 892. The number of nitrogens with one attached hydrogen (secondary N) is 1. The molecule has 2 unspecified atom stereocenters. The fourth-order valence-corrected chi connectivity index (χ4v) is 3.64. The predicted octanol–water partition coefficient (Wildman–Crippen LogP) is 1.78. The normalized spacial score (nSPS) is 13.8. The van der Waals surface area contributed by atoms with Crippen LogP contribution < -0.4 is 9.46 Å². The number of hydrogen-bond acceptors (Lipinski definition) is 5. The van der Waals surface area contributed by atoms with Crippen molar-refractivity contribution in [3.8, 4) is 5.75 Å². The third kappa shape index (κ3) is 4.40. The Morgan fingerprint density at radius 2 is 1.69 bits per heavy atom. The maximum atomic E-state index is 12.5. The van der Waals surface area contributed by atoms with Crippen LogP contribution in [0.1, 0.15) is 22.8 Å². The summed E-state index contributed by atoms with van der Waals surface area (Å²) in [5.41, 5.74) is 1.92. The Labute approximate surface area is 152 Å². The molecular weight excluding hydrogens is 358 g/mol. The van der Waals surface area contributed by atoms with Crippen molar-refractivity contribution < 1.29 is 28.2 Å². The van der Waals surface area contributed by atoms with Gasteiger partial charge in [0.05, 0.1) is 12.0 Å². The van der Waals surface area contributed by atoms with Gasteiger partial charge in [0.15, 0.2) is 0 Å². The number of aliphatic hydroxyl groups excluding tert-OH is 1. The predicted molar refractivity (Wildman–Crippen MR) is 95.6 cm³/mol. The summed E-state index contributed by atoms with van der Waals surface area (Å²) in [6.07, 6.45) is -1.57. The van der Waals surface area contributed by atoms with Crippen LogP contribution in [-0.2, 0) is 14.8 Å². The molecule has 0 fully saturated rings. The molecule has 0 heterocycles. The largest absolute Gasteiger partial charge is 0.497 e. The maximum Gasteiger partial charge on any atom is 0.324 e. The van der Waals surface area contributed by atoms with Crippen LogP contribution in [0.25, 0.3) is 0 Å². The molecule has 0 aliphatic rings. The lowest BCUT2D eigenvalue weighted by Crippen LogP contribution is -2.44. The van der Waals surface area contributed by atoms with Gasteiger partial charge in [-0.2, -0.15) is 4.72 Å². The van der Waals surface area contributed by atoms with E-state index in [2.05, 4.69) is 4.72 Å². The van der Waals surface area contributed by atoms with Crippen LogP contribution in [0.15, 0.2) is 47.4 Å². The van der Waals surface area contributed by atoms with E-state index < -0.39 is 28.1 Å².